The second-order valence-corrected chi connectivity index (χ2v) is 5.58. The number of aromatic nitrogens is 2. The molecule has 0 atom stereocenters. The van der Waals surface area contributed by atoms with Crippen LogP contribution in [0.15, 0.2) is 53.3 Å². The zero-order valence-electron chi connectivity index (χ0n) is 11.7. The summed E-state index contributed by atoms with van der Waals surface area (Å²) in [6.45, 7) is 0. The van der Waals surface area contributed by atoms with Gasteiger partial charge in [0.05, 0.1) is 10.7 Å². The first-order valence-corrected chi connectivity index (χ1v) is 7.41. The molecule has 0 fully saturated rings. The average Bonchev–Trinajstić information content (AvgIpc) is 2.55. The van der Waals surface area contributed by atoms with E-state index in [4.69, 9.17) is 23.2 Å². The fourth-order valence-corrected chi connectivity index (χ4v) is 2.68. The van der Waals surface area contributed by atoms with E-state index in [0.717, 1.165) is 5.56 Å². The second-order valence-electron chi connectivity index (χ2n) is 4.74. The molecule has 2 aromatic carbocycles. The van der Waals surface area contributed by atoms with Gasteiger partial charge in [0, 0.05) is 16.1 Å². The van der Waals surface area contributed by atoms with Gasteiger partial charge in [-0.05, 0) is 18.2 Å². The van der Waals surface area contributed by atoms with Gasteiger partial charge < -0.3 is 4.98 Å². The Balaban J connectivity index is 2.29. The third-order valence-corrected chi connectivity index (χ3v) is 3.81. The van der Waals surface area contributed by atoms with E-state index >= 15 is 0 Å². The van der Waals surface area contributed by atoms with E-state index < -0.39 is 5.56 Å². The van der Waals surface area contributed by atoms with E-state index in [1.807, 2.05) is 36.4 Å². The van der Waals surface area contributed by atoms with E-state index in [1.165, 1.54) is 0 Å². The summed E-state index contributed by atoms with van der Waals surface area (Å²) in [5.41, 5.74) is 0.851. The Morgan fingerprint density at radius 3 is 2.48 bits per heavy atom. The van der Waals surface area contributed by atoms with Crippen molar-refractivity contribution < 1.29 is 0 Å². The van der Waals surface area contributed by atoms with Gasteiger partial charge in [-0.25, -0.2) is 4.98 Å². The highest BCUT2D eigenvalue weighted by atomic mass is 35.5. The Labute approximate surface area is 142 Å². The molecule has 0 aliphatic rings. The molecular formula is C17H9Cl2N3O. The molecule has 0 saturated heterocycles. The van der Waals surface area contributed by atoms with Crippen molar-refractivity contribution in [2.45, 2.75) is 0 Å². The van der Waals surface area contributed by atoms with Gasteiger partial charge in [-0.2, -0.15) is 5.26 Å². The summed E-state index contributed by atoms with van der Waals surface area (Å²) in [5, 5.41) is 10.1. The van der Waals surface area contributed by atoms with Crippen LogP contribution in [0.4, 0.5) is 0 Å². The third kappa shape index (κ3) is 2.98. The van der Waals surface area contributed by atoms with Gasteiger partial charge in [-0.1, -0.05) is 53.5 Å². The fraction of sp³-hybridized carbons (Fsp3) is 0. The lowest BCUT2D eigenvalue weighted by Crippen LogP contribution is -2.15. The Morgan fingerprint density at radius 2 is 1.83 bits per heavy atom. The van der Waals surface area contributed by atoms with Crippen LogP contribution in [0.3, 0.4) is 0 Å². The van der Waals surface area contributed by atoms with Gasteiger partial charge in [0.25, 0.3) is 5.56 Å². The van der Waals surface area contributed by atoms with Crippen LogP contribution in [0.25, 0.3) is 22.6 Å². The van der Waals surface area contributed by atoms with Crippen LogP contribution in [0, 0.1) is 11.3 Å². The smallest absolute Gasteiger partial charge is 0.269 e. The Bertz CT molecular complexity index is 975. The number of hydrogen-bond acceptors (Lipinski definition) is 3. The van der Waals surface area contributed by atoms with Crippen LogP contribution in [-0.4, -0.2) is 9.97 Å². The molecular weight excluding hydrogens is 333 g/mol. The molecule has 0 bridgehead atoms. The van der Waals surface area contributed by atoms with E-state index in [2.05, 4.69) is 9.97 Å². The first-order chi connectivity index (χ1) is 11.1. The van der Waals surface area contributed by atoms with Crippen molar-refractivity contribution in [1.29, 1.82) is 5.26 Å². The highest BCUT2D eigenvalue weighted by molar-refractivity contribution is 6.36. The number of benzene rings is 2. The highest BCUT2D eigenvalue weighted by Crippen LogP contribution is 2.31. The summed E-state index contributed by atoms with van der Waals surface area (Å²) < 4.78 is 0. The zero-order chi connectivity index (χ0) is 16.4. The SMILES string of the molecule is N#Cc1c(-c2ccc(Cl)cc2Cl)nc(-c2ccccc2)[nH]c1=O. The van der Waals surface area contributed by atoms with Gasteiger partial charge in [-0.15, -0.1) is 0 Å². The van der Waals surface area contributed by atoms with Gasteiger partial charge in [0.15, 0.2) is 0 Å². The number of rotatable bonds is 2. The number of nitrogens with one attached hydrogen (secondary N) is 1. The quantitative estimate of drug-likeness (QED) is 0.756. The third-order valence-electron chi connectivity index (χ3n) is 3.26. The Hall–Kier alpha value is -2.61. The maximum atomic E-state index is 12.2. The van der Waals surface area contributed by atoms with E-state index in [1.54, 1.807) is 18.2 Å². The van der Waals surface area contributed by atoms with Crippen LogP contribution in [0.2, 0.25) is 10.0 Å². The maximum Gasteiger partial charge on any atom is 0.269 e. The van der Waals surface area contributed by atoms with Crippen LogP contribution in [0.1, 0.15) is 5.56 Å². The van der Waals surface area contributed by atoms with Crippen molar-refractivity contribution in [3.63, 3.8) is 0 Å². The normalized spacial score (nSPS) is 10.3. The Kier molecular flexibility index (Phi) is 4.16. The van der Waals surface area contributed by atoms with Crippen molar-refractivity contribution in [2.24, 2.45) is 0 Å². The average molecular weight is 342 g/mol. The summed E-state index contributed by atoms with van der Waals surface area (Å²) in [7, 11) is 0. The first-order valence-electron chi connectivity index (χ1n) is 6.65. The van der Waals surface area contributed by atoms with Gasteiger partial charge in [0.2, 0.25) is 0 Å². The number of H-pyrrole nitrogens is 1. The monoisotopic (exact) mass is 341 g/mol. The molecule has 1 aromatic heterocycles. The van der Waals surface area contributed by atoms with E-state index in [0.29, 0.717) is 21.4 Å². The minimum absolute atomic E-state index is 0.0890. The maximum absolute atomic E-state index is 12.2. The molecule has 0 saturated carbocycles. The summed E-state index contributed by atoms with van der Waals surface area (Å²) in [6, 6.07) is 15.9. The summed E-state index contributed by atoms with van der Waals surface area (Å²) >= 11 is 12.1. The molecule has 0 spiro atoms. The number of aromatic amines is 1. The van der Waals surface area contributed by atoms with Crippen molar-refractivity contribution in [3.8, 4) is 28.7 Å². The Morgan fingerprint density at radius 1 is 1.09 bits per heavy atom. The highest BCUT2D eigenvalue weighted by Gasteiger charge is 2.16. The van der Waals surface area contributed by atoms with Crippen molar-refractivity contribution in [1.82, 2.24) is 9.97 Å². The molecule has 0 aliphatic carbocycles. The minimum atomic E-state index is -0.512. The molecule has 23 heavy (non-hydrogen) atoms. The predicted molar refractivity (Wildman–Crippen MR) is 90.5 cm³/mol. The van der Waals surface area contributed by atoms with Crippen LogP contribution >= 0.6 is 23.2 Å². The molecule has 0 unspecified atom stereocenters. The van der Waals surface area contributed by atoms with E-state index in [9.17, 15) is 10.1 Å². The first kappa shape index (κ1) is 15.3. The molecule has 1 N–H and O–H groups in total. The number of nitrogens with zero attached hydrogens (tertiary/aromatic N) is 2. The lowest BCUT2D eigenvalue weighted by Gasteiger charge is -2.08. The molecule has 1 heterocycles. The summed E-state index contributed by atoms with van der Waals surface area (Å²) in [6.07, 6.45) is 0. The largest absolute Gasteiger partial charge is 0.305 e. The van der Waals surface area contributed by atoms with Gasteiger partial charge in [0.1, 0.15) is 17.5 Å². The molecule has 6 heteroatoms. The molecule has 4 nitrogen and oxygen atoms in total. The van der Waals surface area contributed by atoms with Crippen molar-refractivity contribution in [2.75, 3.05) is 0 Å². The number of hydrogen-bond donors (Lipinski definition) is 1. The van der Waals surface area contributed by atoms with Crippen LogP contribution < -0.4 is 5.56 Å². The molecule has 3 aromatic rings. The minimum Gasteiger partial charge on any atom is -0.305 e. The van der Waals surface area contributed by atoms with Crippen molar-refractivity contribution in [3.05, 3.63) is 74.5 Å². The lowest BCUT2D eigenvalue weighted by atomic mass is 10.1. The molecule has 0 amide bonds. The molecule has 0 radical (unpaired) electrons. The zero-order valence-corrected chi connectivity index (χ0v) is 13.2. The van der Waals surface area contributed by atoms with Crippen LogP contribution in [-0.2, 0) is 0 Å². The molecule has 3 rings (SSSR count). The number of halogens is 2. The van der Waals surface area contributed by atoms with Gasteiger partial charge in [-0.3, -0.25) is 4.79 Å². The van der Waals surface area contributed by atoms with Crippen LogP contribution in [0.5, 0.6) is 0 Å². The van der Waals surface area contributed by atoms with Gasteiger partial charge >= 0.3 is 0 Å². The van der Waals surface area contributed by atoms with E-state index in [-0.39, 0.29) is 11.3 Å². The molecule has 112 valence electrons. The summed E-state index contributed by atoms with van der Waals surface area (Å²) in [4.78, 5) is 19.3. The molecule has 0 aliphatic heterocycles. The fourth-order valence-electron chi connectivity index (χ4n) is 2.19. The van der Waals surface area contributed by atoms with Crippen molar-refractivity contribution >= 4 is 23.2 Å². The topological polar surface area (TPSA) is 69.5 Å². The summed E-state index contributed by atoms with van der Waals surface area (Å²) in [5.74, 6) is 0.371. The standard InChI is InChI=1S/C17H9Cl2N3O/c18-11-6-7-12(14(19)8-11)15-13(9-20)17(23)22-16(21-15)10-4-2-1-3-5-10/h1-8H,(H,21,22,23). The second kappa shape index (κ2) is 6.25. The predicted octanol–water partition coefficient (Wildman–Crippen LogP) is 4.28. The number of nitriles is 1. The lowest BCUT2D eigenvalue weighted by molar-refractivity contribution is 1.11.